The molecule has 0 atom stereocenters. The maximum atomic E-state index is 12.0. The zero-order valence-electron chi connectivity index (χ0n) is 10.3. The van der Waals surface area contributed by atoms with Gasteiger partial charge in [-0.1, -0.05) is 15.9 Å². The van der Waals surface area contributed by atoms with E-state index in [1.165, 1.54) is 0 Å². The lowest BCUT2D eigenvalue weighted by molar-refractivity contribution is 0.566. The Hall–Kier alpha value is -0.750. The first kappa shape index (κ1) is 14.3. The van der Waals surface area contributed by atoms with Crippen LogP contribution in [-0.4, -0.2) is 13.2 Å². The second-order valence-electron chi connectivity index (χ2n) is 4.90. The van der Waals surface area contributed by atoms with Gasteiger partial charge in [0.2, 0.25) is 10.0 Å². The van der Waals surface area contributed by atoms with Crippen LogP contribution in [-0.2, 0) is 10.0 Å². The maximum absolute atomic E-state index is 12.0. The van der Waals surface area contributed by atoms with Gasteiger partial charge in [-0.25, -0.2) is 8.42 Å². The summed E-state index contributed by atoms with van der Waals surface area (Å²) in [7, 11) is -3.45. The zero-order valence-corrected chi connectivity index (χ0v) is 12.7. The lowest BCUT2D eigenvalue weighted by Gasteiger charge is -2.22. The van der Waals surface area contributed by atoms with Crippen LogP contribution < -0.4 is 10.5 Å². The van der Waals surface area contributed by atoms with Crippen molar-refractivity contribution in [1.82, 2.24) is 0 Å². The van der Waals surface area contributed by atoms with E-state index in [9.17, 15) is 8.42 Å². The van der Waals surface area contributed by atoms with E-state index in [2.05, 4.69) is 20.7 Å². The summed E-state index contributed by atoms with van der Waals surface area (Å²) in [5.74, 6) is 0. The third-order valence-corrected chi connectivity index (χ3v) is 4.92. The molecule has 0 spiro atoms. The third kappa shape index (κ3) is 3.13. The number of benzene rings is 1. The van der Waals surface area contributed by atoms with Crippen LogP contribution in [0, 0.1) is 6.92 Å². The van der Waals surface area contributed by atoms with Crippen molar-refractivity contribution in [3.63, 3.8) is 0 Å². The highest BCUT2D eigenvalue weighted by atomic mass is 79.9. The van der Waals surface area contributed by atoms with Crippen LogP contribution in [0.4, 0.5) is 11.4 Å². The van der Waals surface area contributed by atoms with E-state index in [4.69, 9.17) is 5.73 Å². The minimum Gasteiger partial charge on any atom is -0.397 e. The predicted molar refractivity (Wildman–Crippen MR) is 75.6 cm³/mol. The van der Waals surface area contributed by atoms with Gasteiger partial charge in [0.1, 0.15) is 0 Å². The molecule has 0 unspecified atom stereocenters. The average Bonchev–Trinajstić information content (AvgIpc) is 2.09. The van der Waals surface area contributed by atoms with E-state index in [1.807, 2.05) is 13.0 Å². The fraction of sp³-hybridized carbons (Fsp3) is 0.455. The van der Waals surface area contributed by atoms with E-state index in [0.29, 0.717) is 11.4 Å². The Balaban J connectivity index is 3.22. The number of nitrogen functional groups attached to an aromatic ring is 1. The molecule has 17 heavy (non-hydrogen) atoms. The van der Waals surface area contributed by atoms with Crippen molar-refractivity contribution < 1.29 is 8.42 Å². The molecule has 3 N–H and O–H groups in total. The molecular weight excluding hydrogens is 304 g/mol. The number of sulfonamides is 1. The van der Waals surface area contributed by atoms with Crippen molar-refractivity contribution in [1.29, 1.82) is 0 Å². The fourth-order valence-electron chi connectivity index (χ4n) is 1.20. The second kappa shape index (κ2) is 4.49. The van der Waals surface area contributed by atoms with Crippen molar-refractivity contribution in [3.8, 4) is 0 Å². The van der Waals surface area contributed by atoms with Crippen molar-refractivity contribution in [2.24, 2.45) is 0 Å². The highest BCUT2D eigenvalue weighted by Gasteiger charge is 2.29. The molecule has 6 heteroatoms. The minimum atomic E-state index is -3.45. The monoisotopic (exact) mass is 320 g/mol. The Bertz CT molecular complexity index is 510. The van der Waals surface area contributed by atoms with Crippen LogP contribution in [0.15, 0.2) is 16.6 Å². The molecule has 96 valence electrons. The number of rotatable bonds is 2. The SMILES string of the molecule is Cc1cc(Br)cc(N)c1NS(=O)(=O)C(C)(C)C. The van der Waals surface area contributed by atoms with Crippen LogP contribution in [0.2, 0.25) is 0 Å². The highest BCUT2D eigenvalue weighted by Crippen LogP contribution is 2.30. The largest absolute Gasteiger partial charge is 0.397 e. The molecule has 0 saturated carbocycles. The molecule has 1 rings (SSSR count). The van der Waals surface area contributed by atoms with Crippen LogP contribution >= 0.6 is 15.9 Å². The Morgan fingerprint density at radius 2 is 1.82 bits per heavy atom. The van der Waals surface area contributed by atoms with E-state index < -0.39 is 14.8 Å². The highest BCUT2D eigenvalue weighted by molar-refractivity contribution is 9.10. The van der Waals surface area contributed by atoms with Crippen LogP contribution in [0.3, 0.4) is 0 Å². The first-order valence-electron chi connectivity index (χ1n) is 5.12. The quantitative estimate of drug-likeness (QED) is 0.823. The Morgan fingerprint density at radius 1 is 1.29 bits per heavy atom. The van der Waals surface area contributed by atoms with E-state index in [1.54, 1.807) is 26.8 Å². The van der Waals surface area contributed by atoms with Gasteiger partial charge < -0.3 is 5.73 Å². The maximum Gasteiger partial charge on any atom is 0.237 e. The predicted octanol–water partition coefficient (Wildman–Crippen LogP) is 2.88. The average molecular weight is 321 g/mol. The Morgan fingerprint density at radius 3 is 2.24 bits per heavy atom. The van der Waals surface area contributed by atoms with E-state index >= 15 is 0 Å². The lowest BCUT2D eigenvalue weighted by Crippen LogP contribution is -2.34. The Kier molecular flexibility index (Phi) is 3.78. The lowest BCUT2D eigenvalue weighted by atomic mass is 10.2. The van der Waals surface area contributed by atoms with Gasteiger partial charge in [0.15, 0.2) is 0 Å². The second-order valence-corrected chi connectivity index (χ2v) is 8.26. The number of nitrogens with one attached hydrogen (secondary N) is 1. The summed E-state index contributed by atoms with van der Waals surface area (Å²) in [5, 5.41) is 0. The summed E-state index contributed by atoms with van der Waals surface area (Å²) < 4.78 is 26.6. The van der Waals surface area contributed by atoms with Gasteiger partial charge >= 0.3 is 0 Å². The normalized spacial score (nSPS) is 12.5. The van der Waals surface area contributed by atoms with Crippen molar-refractivity contribution >= 4 is 37.3 Å². The molecular formula is C11H17BrN2O2S. The summed E-state index contributed by atoms with van der Waals surface area (Å²) in [4.78, 5) is 0. The van der Waals surface area contributed by atoms with Crippen molar-refractivity contribution in [3.05, 3.63) is 22.2 Å². The van der Waals surface area contributed by atoms with Gasteiger partial charge in [-0.3, -0.25) is 4.72 Å². The number of hydrogen-bond acceptors (Lipinski definition) is 3. The first-order valence-corrected chi connectivity index (χ1v) is 7.40. The summed E-state index contributed by atoms with van der Waals surface area (Å²) in [6, 6.07) is 3.49. The topological polar surface area (TPSA) is 72.2 Å². The number of aryl methyl sites for hydroxylation is 1. The smallest absolute Gasteiger partial charge is 0.237 e. The first-order chi connectivity index (χ1) is 7.54. The third-order valence-electron chi connectivity index (χ3n) is 2.37. The number of halogens is 1. The van der Waals surface area contributed by atoms with Crippen molar-refractivity contribution in [2.45, 2.75) is 32.4 Å². The van der Waals surface area contributed by atoms with Gasteiger partial charge in [-0.15, -0.1) is 0 Å². The molecule has 0 heterocycles. The molecule has 0 amide bonds. The van der Waals surface area contributed by atoms with Gasteiger partial charge in [0.25, 0.3) is 0 Å². The number of hydrogen-bond donors (Lipinski definition) is 2. The van der Waals surface area contributed by atoms with Crippen LogP contribution in [0.25, 0.3) is 0 Å². The Labute approximate surface area is 111 Å². The molecule has 0 fully saturated rings. The summed E-state index contributed by atoms with van der Waals surface area (Å²) in [5.41, 5.74) is 7.45. The summed E-state index contributed by atoms with van der Waals surface area (Å²) in [6.07, 6.45) is 0. The molecule has 0 aliphatic rings. The zero-order chi connectivity index (χ0) is 13.4. The minimum absolute atomic E-state index is 0.407. The summed E-state index contributed by atoms with van der Waals surface area (Å²) in [6.45, 7) is 6.72. The van der Waals surface area contributed by atoms with Gasteiger partial charge in [-0.05, 0) is 45.4 Å². The van der Waals surface area contributed by atoms with E-state index in [0.717, 1.165) is 10.0 Å². The fourth-order valence-corrected chi connectivity index (χ4v) is 2.64. The molecule has 1 aromatic carbocycles. The van der Waals surface area contributed by atoms with Gasteiger partial charge in [-0.2, -0.15) is 0 Å². The number of nitrogens with two attached hydrogens (primary N) is 1. The van der Waals surface area contributed by atoms with E-state index in [-0.39, 0.29) is 0 Å². The molecule has 0 radical (unpaired) electrons. The van der Waals surface area contributed by atoms with Gasteiger partial charge in [0, 0.05) is 4.47 Å². The molecule has 0 saturated heterocycles. The molecule has 0 bridgehead atoms. The molecule has 4 nitrogen and oxygen atoms in total. The van der Waals surface area contributed by atoms with Crippen molar-refractivity contribution in [2.75, 3.05) is 10.5 Å². The standard InChI is InChI=1S/C11H17BrN2O2S/c1-7-5-8(12)6-9(13)10(7)14-17(15,16)11(2,3)4/h5-6,14H,13H2,1-4H3. The van der Waals surface area contributed by atoms with Crippen LogP contribution in [0.1, 0.15) is 26.3 Å². The van der Waals surface area contributed by atoms with Gasteiger partial charge in [0.05, 0.1) is 16.1 Å². The number of anilines is 2. The molecule has 0 aromatic heterocycles. The molecule has 0 aliphatic heterocycles. The van der Waals surface area contributed by atoms with Crippen LogP contribution in [0.5, 0.6) is 0 Å². The molecule has 0 aliphatic carbocycles. The molecule has 1 aromatic rings. The summed E-state index contributed by atoms with van der Waals surface area (Å²) >= 11 is 3.31.